The number of phenols is 1. The van der Waals surface area contributed by atoms with Crippen LogP contribution >= 0.6 is 0 Å². The van der Waals surface area contributed by atoms with Gasteiger partial charge in [0.2, 0.25) is 5.91 Å². The lowest BCUT2D eigenvalue weighted by Crippen LogP contribution is -2.16. The van der Waals surface area contributed by atoms with Crippen LogP contribution in [0.15, 0.2) is 30.5 Å². The molecule has 2 rings (SSSR count). The zero-order chi connectivity index (χ0) is 15.4. The van der Waals surface area contributed by atoms with Gasteiger partial charge in [0.05, 0.1) is 17.6 Å². The molecular formula is C16H19N3O2. The maximum Gasteiger partial charge on any atom is 0.225 e. The number of anilines is 1. The van der Waals surface area contributed by atoms with Crippen LogP contribution in [0.5, 0.6) is 5.75 Å². The molecule has 21 heavy (non-hydrogen) atoms. The molecule has 0 spiro atoms. The smallest absolute Gasteiger partial charge is 0.225 e. The van der Waals surface area contributed by atoms with E-state index in [9.17, 15) is 9.90 Å². The van der Waals surface area contributed by atoms with E-state index in [1.54, 1.807) is 30.5 Å². The molecule has 5 nitrogen and oxygen atoms in total. The van der Waals surface area contributed by atoms with Crippen molar-refractivity contribution in [3.05, 3.63) is 36.2 Å². The largest absolute Gasteiger partial charge is 0.508 e. The summed E-state index contributed by atoms with van der Waals surface area (Å²) < 4.78 is 0. The predicted molar refractivity (Wildman–Crippen MR) is 82.0 cm³/mol. The Hall–Kier alpha value is -2.43. The molecule has 0 atom stereocenters. The highest BCUT2D eigenvalue weighted by Gasteiger charge is 2.10. The summed E-state index contributed by atoms with van der Waals surface area (Å²) in [5.41, 5.74) is 2.23. The average molecular weight is 285 g/mol. The summed E-state index contributed by atoms with van der Waals surface area (Å²) in [4.78, 5) is 20.5. The molecule has 0 saturated heterocycles. The molecule has 0 saturated carbocycles. The van der Waals surface area contributed by atoms with Crippen LogP contribution in [-0.4, -0.2) is 21.0 Å². The van der Waals surface area contributed by atoms with Crippen molar-refractivity contribution < 1.29 is 9.90 Å². The normalized spacial score (nSPS) is 10.7. The minimum absolute atomic E-state index is 0.0558. The van der Waals surface area contributed by atoms with Gasteiger partial charge < -0.3 is 10.4 Å². The van der Waals surface area contributed by atoms with Gasteiger partial charge in [-0.1, -0.05) is 13.8 Å². The van der Waals surface area contributed by atoms with Crippen molar-refractivity contribution >= 4 is 11.7 Å². The van der Waals surface area contributed by atoms with Crippen molar-refractivity contribution in [1.82, 2.24) is 9.97 Å². The summed E-state index contributed by atoms with van der Waals surface area (Å²) in [7, 11) is 0. The Bertz CT molecular complexity index is 636. The summed E-state index contributed by atoms with van der Waals surface area (Å²) >= 11 is 0. The van der Waals surface area contributed by atoms with Gasteiger partial charge in [0.25, 0.3) is 0 Å². The lowest BCUT2D eigenvalue weighted by atomic mass is 10.1. The Morgan fingerprint density at radius 1 is 1.29 bits per heavy atom. The summed E-state index contributed by atoms with van der Waals surface area (Å²) in [5, 5.41) is 12.1. The Labute approximate surface area is 124 Å². The number of aromatic hydroxyl groups is 1. The first-order chi connectivity index (χ1) is 9.95. The quantitative estimate of drug-likeness (QED) is 0.905. The van der Waals surface area contributed by atoms with E-state index in [0.29, 0.717) is 29.5 Å². The lowest BCUT2D eigenvalue weighted by Gasteiger charge is -2.09. The zero-order valence-corrected chi connectivity index (χ0v) is 12.4. The van der Waals surface area contributed by atoms with Crippen LogP contribution in [0, 0.1) is 12.8 Å². The van der Waals surface area contributed by atoms with Crippen molar-refractivity contribution in [2.24, 2.45) is 5.92 Å². The van der Waals surface area contributed by atoms with Crippen LogP contribution in [0.2, 0.25) is 0 Å². The molecule has 1 aromatic carbocycles. The van der Waals surface area contributed by atoms with Gasteiger partial charge >= 0.3 is 0 Å². The SMILES string of the molecule is Cc1nc(-c2ccc(O)cc2)cnc1NC(=O)CC(C)C. The number of nitrogens with one attached hydrogen (secondary N) is 1. The van der Waals surface area contributed by atoms with Crippen LogP contribution in [0.1, 0.15) is 26.0 Å². The summed E-state index contributed by atoms with van der Waals surface area (Å²) in [6, 6.07) is 6.75. The van der Waals surface area contributed by atoms with Gasteiger partial charge in [0, 0.05) is 12.0 Å². The predicted octanol–water partition coefficient (Wildman–Crippen LogP) is 3.14. The first kappa shape index (κ1) is 15.0. The molecule has 0 bridgehead atoms. The maximum atomic E-state index is 11.8. The minimum atomic E-state index is -0.0558. The van der Waals surface area contributed by atoms with Gasteiger partial charge in [0.15, 0.2) is 5.82 Å². The first-order valence-electron chi connectivity index (χ1n) is 6.88. The van der Waals surface area contributed by atoms with E-state index in [2.05, 4.69) is 15.3 Å². The molecule has 0 aliphatic carbocycles. The number of benzene rings is 1. The van der Waals surface area contributed by atoms with Crippen LogP contribution in [0.4, 0.5) is 5.82 Å². The fourth-order valence-electron chi connectivity index (χ4n) is 1.93. The maximum absolute atomic E-state index is 11.8. The van der Waals surface area contributed by atoms with Crippen molar-refractivity contribution in [2.75, 3.05) is 5.32 Å². The van der Waals surface area contributed by atoms with Crippen molar-refractivity contribution in [3.8, 4) is 17.0 Å². The number of rotatable bonds is 4. The van der Waals surface area contributed by atoms with E-state index in [1.165, 1.54) is 0 Å². The molecule has 0 aliphatic heterocycles. The topological polar surface area (TPSA) is 75.1 Å². The third-order valence-electron chi connectivity index (χ3n) is 2.96. The standard InChI is InChI=1S/C16H19N3O2/c1-10(2)8-15(21)19-16-11(3)18-14(9-17-16)12-4-6-13(20)7-5-12/h4-7,9-10,20H,8H2,1-3H3,(H,17,19,21). The van der Waals surface area contributed by atoms with E-state index in [1.807, 2.05) is 20.8 Å². The van der Waals surface area contributed by atoms with Gasteiger partial charge in [-0.15, -0.1) is 0 Å². The Balaban J connectivity index is 2.17. The van der Waals surface area contributed by atoms with Gasteiger partial charge in [0.1, 0.15) is 5.75 Å². The molecule has 0 aliphatic rings. The average Bonchev–Trinajstić information content (AvgIpc) is 2.41. The van der Waals surface area contributed by atoms with E-state index in [0.717, 1.165) is 5.56 Å². The number of hydrogen-bond acceptors (Lipinski definition) is 4. The molecule has 0 unspecified atom stereocenters. The summed E-state index contributed by atoms with van der Waals surface area (Å²) in [6.45, 7) is 5.79. The summed E-state index contributed by atoms with van der Waals surface area (Å²) in [6.07, 6.45) is 2.07. The molecule has 0 fully saturated rings. The number of carbonyl (C=O) groups excluding carboxylic acids is 1. The first-order valence-corrected chi connectivity index (χ1v) is 6.88. The molecule has 1 heterocycles. The molecule has 110 valence electrons. The van der Waals surface area contributed by atoms with Crippen LogP contribution in [-0.2, 0) is 4.79 Å². The minimum Gasteiger partial charge on any atom is -0.508 e. The molecular weight excluding hydrogens is 266 g/mol. The second kappa shape index (κ2) is 6.35. The number of hydrogen-bond donors (Lipinski definition) is 2. The van der Waals surface area contributed by atoms with Gasteiger partial charge in [-0.05, 0) is 37.1 Å². The van der Waals surface area contributed by atoms with Crippen LogP contribution in [0.25, 0.3) is 11.3 Å². The molecule has 1 amide bonds. The van der Waals surface area contributed by atoms with E-state index in [4.69, 9.17) is 0 Å². The lowest BCUT2D eigenvalue weighted by molar-refractivity contribution is -0.116. The Morgan fingerprint density at radius 3 is 2.52 bits per heavy atom. The molecule has 5 heteroatoms. The molecule has 2 N–H and O–H groups in total. The summed E-state index contributed by atoms with van der Waals surface area (Å²) in [5.74, 6) is 0.943. The number of aryl methyl sites for hydroxylation is 1. The third kappa shape index (κ3) is 4.02. The fraction of sp³-hybridized carbons (Fsp3) is 0.312. The highest BCUT2D eigenvalue weighted by Crippen LogP contribution is 2.21. The second-order valence-corrected chi connectivity index (χ2v) is 5.38. The number of aromatic nitrogens is 2. The van der Waals surface area contributed by atoms with Crippen LogP contribution in [0.3, 0.4) is 0 Å². The second-order valence-electron chi connectivity index (χ2n) is 5.38. The Morgan fingerprint density at radius 2 is 1.95 bits per heavy atom. The Kier molecular flexibility index (Phi) is 4.52. The number of carbonyl (C=O) groups is 1. The molecule has 2 aromatic rings. The van der Waals surface area contributed by atoms with Crippen LogP contribution < -0.4 is 5.32 Å². The highest BCUT2D eigenvalue weighted by atomic mass is 16.3. The van der Waals surface area contributed by atoms with E-state index in [-0.39, 0.29) is 11.7 Å². The molecule has 0 radical (unpaired) electrons. The number of nitrogens with zero attached hydrogens (tertiary/aromatic N) is 2. The van der Waals surface area contributed by atoms with Gasteiger partial charge in [-0.2, -0.15) is 0 Å². The third-order valence-corrected chi connectivity index (χ3v) is 2.96. The number of amides is 1. The van der Waals surface area contributed by atoms with E-state index < -0.39 is 0 Å². The van der Waals surface area contributed by atoms with E-state index >= 15 is 0 Å². The highest BCUT2D eigenvalue weighted by molar-refractivity contribution is 5.90. The van der Waals surface area contributed by atoms with Gasteiger partial charge in [-0.3, -0.25) is 4.79 Å². The fourth-order valence-corrected chi connectivity index (χ4v) is 1.93. The van der Waals surface area contributed by atoms with Crippen molar-refractivity contribution in [1.29, 1.82) is 0 Å². The van der Waals surface area contributed by atoms with Crippen molar-refractivity contribution in [3.63, 3.8) is 0 Å². The van der Waals surface area contributed by atoms with Gasteiger partial charge in [-0.25, -0.2) is 9.97 Å². The number of phenolic OH excluding ortho intramolecular Hbond substituents is 1. The van der Waals surface area contributed by atoms with Crippen molar-refractivity contribution in [2.45, 2.75) is 27.2 Å². The molecule has 1 aromatic heterocycles. The monoisotopic (exact) mass is 285 g/mol. The zero-order valence-electron chi connectivity index (χ0n) is 12.4.